The van der Waals surface area contributed by atoms with Crippen LogP contribution >= 0.6 is 0 Å². The molecule has 1 saturated heterocycles. The molecule has 154 valence electrons. The van der Waals surface area contributed by atoms with Crippen LogP contribution in [0.4, 0.5) is 5.69 Å². The van der Waals surface area contributed by atoms with Gasteiger partial charge in [0.1, 0.15) is 12.3 Å². The Morgan fingerprint density at radius 2 is 2.04 bits per heavy atom. The molecule has 10 nitrogen and oxygen atoms in total. The minimum absolute atomic E-state index is 0.0382. The second-order valence-electron chi connectivity index (χ2n) is 6.26. The van der Waals surface area contributed by atoms with Crippen molar-refractivity contribution in [2.45, 2.75) is 4.90 Å². The van der Waals surface area contributed by atoms with E-state index in [1.54, 1.807) is 0 Å². The molecule has 28 heavy (non-hydrogen) atoms. The number of nitrogens with zero attached hydrogens (tertiary/aromatic N) is 2. The number of methoxy groups -OCH3 is 1. The van der Waals surface area contributed by atoms with E-state index in [2.05, 4.69) is 5.32 Å². The molecule has 1 aromatic carbocycles. The van der Waals surface area contributed by atoms with E-state index in [1.165, 1.54) is 34.5 Å². The van der Waals surface area contributed by atoms with Gasteiger partial charge in [0.2, 0.25) is 15.9 Å². The van der Waals surface area contributed by atoms with E-state index >= 15 is 0 Å². The molecule has 1 fully saturated rings. The highest BCUT2D eigenvalue weighted by Gasteiger charge is 2.31. The Morgan fingerprint density at radius 1 is 1.29 bits per heavy atom. The van der Waals surface area contributed by atoms with Crippen molar-refractivity contribution >= 4 is 27.5 Å². The van der Waals surface area contributed by atoms with E-state index < -0.39 is 15.9 Å². The van der Waals surface area contributed by atoms with Crippen molar-refractivity contribution in [3.8, 4) is 5.75 Å². The first kappa shape index (κ1) is 20.5. The number of ether oxygens (including phenoxy) is 3. The SMILES string of the molecule is COCCNC(=O)CN1C(=O)COc2ccc(S(=O)(=O)N3CCOCC3)cc21. The van der Waals surface area contributed by atoms with Crippen molar-refractivity contribution in [3.63, 3.8) is 0 Å². The van der Waals surface area contributed by atoms with Gasteiger partial charge in [-0.05, 0) is 18.2 Å². The van der Waals surface area contributed by atoms with Gasteiger partial charge in [0.25, 0.3) is 5.91 Å². The highest BCUT2D eigenvalue weighted by atomic mass is 32.2. The van der Waals surface area contributed by atoms with Gasteiger partial charge < -0.3 is 19.5 Å². The summed E-state index contributed by atoms with van der Waals surface area (Å²) in [4.78, 5) is 25.7. The molecule has 0 saturated carbocycles. The summed E-state index contributed by atoms with van der Waals surface area (Å²) in [5, 5.41) is 2.64. The van der Waals surface area contributed by atoms with Crippen LogP contribution in [0.3, 0.4) is 0 Å². The van der Waals surface area contributed by atoms with Crippen LogP contribution in [0, 0.1) is 0 Å². The molecule has 2 aliphatic rings. The third kappa shape index (κ3) is 4.43. The minimum Gasteiger partial charge on any atom is -0.482 e. The molecule has 2 heterocycles. The van der Waals surface area contributed by atoms with Gasteiger partial charge in [-0.3, -0.25) is 14.5 Å². The topological polar surface area (TPSA) is 114 Å². The molecule has 2 aliphatic heterocycles. The Morgan fingerprint density at radius 3 is 2.75 bits per heavy atom. The third-order valence-electron chi connectivity index (χ3n) is 4.41. The van der Waals surface area contributed by atoms with Crippen molar-refractivity contribution in [2.24, 2.45) is 0 Å². The van der Waals surface area contributed by atoms with E-state index in [0.717, 1.165) is 0 Å². The molecule has 0 unspecified atom stereocenters. The molecular formula is C17H23N3O7S. The molecule has 0 aromatic heterocycles. The van der Waals surface area contributed by atoms with Crippen molar-refractivity contribution in [3.05, 3.63) is 18.2 Å². The van der Waals surface area contributed by atoms with E-state index in [-0.39, 0.29) is 42.7 Å². The van der Waals surface area contributed by atoms with Crippen LogP contribution in [0.25, 0.3) is 0 Å². The summed E-state index contributed by atoms with van der Waals surface area (Å²) in [5.41, 5.74) is 0.257. The Labute approximate surface area is 163 Å². The van der Waals surface area contributed by atoms with Crippen LogP contribution in [0.2, 0.25) is 0 Å². The fraction of sp³-hybridized carbons (Fsp3) is 0.529. The molecule has 11 heteroatoms. The van der Waals surface area contributed by atoms with Crippen LogP contribution in [-0.2, 0) is 29.1 Å². The van der Waals surface area contributed by atoms with Gasteiger partial charge >= 0.3 is 0 Å². The van der Waals surface area contributed by atoms with Crippen LogP contribution in [-0.4, -0.2) is 84.3 Å². The number of sulfonamides is 1. The zero-order valence-corrected chi connectivity index (χ0v) is 16.4. The average Bonchev–Trinajstić information content (AvgIpc) is 2.70. The van der Waals surface area contributed by atoms with Crippen molar-refractivity contribution in [1.82, 2.24) is 9.62 Å². The van der Waals surface area contributed by atoms with Crippen LogP contribution in [0.15, 0.2) is 23.1 Å². The zero-order chi connectivity index (χ0) is 20.1. The van der Waals surface area contributed by atoms with E-state index in [0.29, 0.717) is 32.1 Å². The van der Waals surface area contributed by atoms with E-state index in [9.17, 15) is 18.0 Å². The number of amides is 2. The molecule has 0 spiro atoms. The molecule has 0 bridgehead atoms. The van der Waals surface area contributed by atoms with E-state index in [1.807, 2.05) is 0 Å². The lowest BCUT2D eigenvalue weighted by molar-refractivity contribution is -0.125. The number of morpholine rings is 1. The minimum atomic E-state index is -3.74. The maximum atomic E-state index is 12.9. The van der Waals surface area contributed by atoms with Crippen LogP contribution in [0.5, 0.6) is 5.75 Å². The van der Waals surface area contributed by atoms with Gasteiger partial charge in [-0.25, -0.2) is 8.42 Å². The Hall–Kier alpha value is -2.21. The van der Waals surface area contributed by atoms with Crippen molar-refractivity contribution in [1.29, 1.82) is 0 Å². The lowest BCUT2D eigenvalue weighted by atomic mass is 10.2. The fourth-order valence-electron chi connectivity index (χ4n) is 2.94. The number of hydrogen-bond donors (Lipinski definition) is 1. The summed E-state index contributed by atoms with van der Waals surface area (Å²) in [6, 6.07) is 4.32. The lowest BCUT2D eigenvalue weighted by Gasteiger charge is -2.30. The molecular weight excluding hydrogens is 390 g/mol. The van der Waals surface area contributed by atoms with Gasteiger partial charge in [-0.15, -0.1) is 0 Å². The summed E-state index contributed by atoms with van der Waals surface area (Å²) in [6.07, 6.45) is 0. The molecule has 2 amide bonds. The summed E-state index contributed by atoms with van der Waals surface area (Å²) < 4.78 is 42.6. The normalized spacial score (nSPS) is 17.8. The molecule has 3 rings (SSSR count). The molecule has 0 radical (unpaired) electrons. The quantitative estimate of drug-likeness (QED) is 0.582. The standard InChI is InChI=1S/C17H23N3O7S/c1-25-7-4-18-16(21)11-20-14-10-13(2-3-15(14)27-12-17(20)22)28(23,24)19-5-8-26-9-6-19/h2-3,10H,4-9,11-12H2,1H3,(H,18,21). The Balaban J connectivity index is 1.84. The fourth-order valence-corrected chi connectivity index (χ4v) is 4.37. The number of nitrogens with one attached hydrogen (secondary N) is 1. The van der Waals surface area contributed by atoms with Gasteiger partial charge in [-0.1, -0.05) is 0 Å². The van der Waals surface area contributed by atoms with Crippen molar-refractivity contribution in [2.75, 3.05) is 64.6 Å². The molecule has 0 atom stereocenters. The molecule has 0 aliphatic carbocycles. The second-order valence-corrected chi connectivity index (χ2v) is 8.20. The van der Waals surface area contributed by atoms with Gasteiger partial charge in [0, 0.05) is 26.7 Å². The second kappa shape index (κ2) is 8.86. The predicted molar refractivity (Wildman–Crippen MR) is 98.8 cm³/mol. The monoisotopic (exact) mass is 413 g/mol. The van der Waals surface area contributed by atoms with Gasteiger partial charge in [-0.2, -0.15) is 4.31 Å². The number of anilines is 1. The van der Waals surface area contributed by atoms with Crippen LogP contribution < -0.4 is 15.0 Å². The summed E-state index contributed by atoms with van der Waals surface area (Å²) in [7, 11) is -2.22. The molecule has 1 aromatic rings. The summed E-state index contributed by atoms with van der Waals surface area (Å²) in [5.74, 6) is -0.444. The largest absolute Gasteiger partial charge is 0.482 e. The predicted octanol–water partition coefficient (Wildman–Crippen LogP) is -0.804. The summed E-state index contributed by atoms with van der Waals surface area (Å²) in [6.45, 7) is 1.40. The smallest absolute Gasteiger partial charge is 0.265 e. The molecule has 1 N–H and O–H groups in total. The number of rotatable bonds is 7. The highest BCUT2D eigenvalue weighted by molar-refractivity contribution is 7.89. The number of fused-ring (bicyclic) bond motifs is 1. The number of carbonyl (C=O) groups excluding carboxylic acids is 2. The van der Waals surface area contributed by atoms with E-state index in [4.69, 9.17) is 14.2 Å². The van der Waals surface area contributed by atoms with Crippen LogP contribution in [0.1, 0.15) is 0 Å². The number of hydrogen-bond acceptors (Lipinski definition) is 7. The highest BCUT2D eigenvalue weighted by Crippen LogP contribution is 2.35. The maximum Gasteiger partial charge on any atom is 0.265 e. The van der Waals surface area contributed by atoms with Crippen molar-refractivity contribution < 1.29 is 32.2 Å². The summed E-state index contributed by atoms with van der Waals surface area (Å²) >= 11 is 0. The average molecular weight is 413 g/mol. The third-order valence-corrected chi connectivity index (χ3v) is 6.31. The Kier molecular flexibility index (Phi) is 6.50. The van der Waals surface area contributed by atoms with Gasteiger partial charge in [0.15, 0.2) is 6.61 Å². The maximum absolute atomic E-state index is 12.9. The number of benzene rings is 1. The first-order chi connectivity index (χ1) is 13.4. The first-order valence-electron chi connectivity index (χ1n) is 8.84. The Bertz CT molecular complexity index is 837. The lowest BCUT2D eigenvalue weighted by Crippen LogP contribution is -2.45. The zero-order valence-electron chi connectivity index (χ0n) is 15.5. The number of carbonyl (C=O) groups is 2. The van der Waals surface area contributed by atoms with Gasteiger partial charge in [0.05, 0.1) is 30.4 Å². The first-order valence-corrected chi connectivity index (χ1v) is 10.3.